The Hall–Kier alpha value is -1.53. The highest BCUT2D eigenvalue weighted by Crippen LogP contribution is 2.14. The average molecular weight is 255 g/mol. The standard InChI is InChI=1S/C11H13NO4S/c12-9(11(15)16)6-17-5-7-2-1-3-8(4-7)10(13)14/h1-4,9H,5-6,12H2,(H,13,14)(H,15,16)/t9-/m0/s1. The number of hydrogen-bond donors (Lipinski definition) is 3. The van der Waals surface area contributed by atoms with Gasteiger partial charge in [0.2, 0.25) is 0 Å². The van der Waals surface area contributed by atoms with Crippen molar-refractivity contribution in [1.29, 1.82) is 0 Å². The monoisotopic (exact) mass is 255 g/mol. The normalized spacial score (nSPS) is 12.1. The first-order chi connectivity index (χ1) is 8.00. The van der Waals surface area contributed by atoms with Crippen LogP contribution in [0, 0.1) is 0 Å². The molecule has 0 aliphatic carbocycles. The van der Waals surface area contributed by atoms with Crippen LogP contribution in [0.2, 0.25) is 0 Å². The minimum atomic E-state index is -1.03. The molecule has 1 atom stereocenters. The highest BCUT2D eigenvalue weighted by molar-refractivity contribution is 7.98. The van der Waals surface area contributed by atoms with Gasteiger partial charge in [-0.3, -0.25) is 4.79 Å². The van der Waals surface area contributed by atoms with Gasteiger partial charge < -0.3 is 15.9 Å². The zero-order valence-corrected chi connectivity index (χ0v) is 9.81. The highest BCUT2D eigenvalue weighted by atomic mass is 32.2. The van der Waals surface area contributed by atoms with Crippen LogP contribution in [-0.4, -0.2) is 33.9 Å². The maximum Gasteiger partial charge on any atom is 0.335 e. The maximum atomic E-state index is 10.7. The van der Waals surface area contributed by atoms with Crippen molar-refractivity contribution in [3.05, 3.63) is 35.4 Å². The van der Waals surface area contributed by atoms with E-state index in [9.17, 15) is 9.59 Å². The summed E-state index contributed by atoms with van der Waals surface area (Å²) in [6, 6.07) is 5.66. The van der Waals surface area contributed by atoms with E-state index in [0.717, 1.165) is 5.56 Å². The Morgan fingerprint density at radius 2 is 2.06 bits per heavy atom. The third-order valence-corrected chi connectivity index (χ3v) is 3.19. The van der Waals surface area contributed by atoms with Gasteiger partial charge in [-0.1, -0.05) is 12.1 Å². The molecule has 0 amide bonds. The smallest absolute Gasteiger partial charge is 0.335 e. The first kappa shape index (κ1) is 13.5. The van der Waals surface area contributed by atoms with E-state index in [1.54, 1.807) is 18.2 Å². The molecule has 4 N–H and O–H groups in total. The molecule has 0 aromatic heterocycles. The number of aliphatic carboxylic acids is 1. The first-order valence-corrected chi connectivity index (χ1v) is 6.04. The number of aromatic carboxylic acids is 1. The second-order valence-corrected chi connectivity index (χ2v) is 4.50. The Kier molecular flexibility index (Phi) is 4.99. The molecule has 0 spiro atoms. The first-order valence-electron chi connectivity index (χ1n) is 4.89. The summed E-state index contributed by atoms with van der Waals surface area (Å²) >= 11 is 1.36. The summed E-state index contributed by atoms with van der Waals surface area (Å²) in [7, 11) is 0. The van der Waals surface area contributed by atoms with E-state index < -0.39 is 18.0 Å². The van der Waals surface area contributed by atoms with Gasteiger partial charge in [-0.15, -0.1) is 0 Å². The topological polar surface area (TPSA) is 101 Å². The predicted molar refractivity (Wildman–Crippen MR) is 65.2 cm³/mol. The fraction of sp³-hybridized carbons (Fsp3) is 0.273. The quantitative estimate of drug-likeness (QED) is 0.702. The summed E-state index contributed by atoms with van der Waals surface area (Å²) in [4.78, 5) is 21.2. The molecule has 1 rings (SSSR count). The lowest BCUT2D eigenvalue weighted by Crippen LogP contribution is -2.32. The van der Waals surface area contributed by atoms with Gasteiger partial charge in [0.25, 0.3) is 0 Å². The van der Waals surface area contributed by atoms with Crippen molar-refractivity contribution in [3.8, 4) is 0 Å². The molecule has 0 aliphatic heterocycles. The molecule has 0 saturated heterocycles. The summed E-state index contributed by atoms with van der Waals surface area (Å²) in [6.07, 6.45) is 0. The second-order valence-electron chi connectivity index (χ2n) is 3.47. The van der Waals surface area contributed by atoms with Crippen molar-refractivity contribution in [2.75, 3.05) is 5.75 Å². The fourth-order valence-corrected chi connectivity index (χ4v) is 2.10. The van der Waals surface area contributed by atoms with Crippen molar-refractivity contribution < 1.29 is 19.8 Å². The zero-order valence-electron chi connectivity index (χ0n) is 9.00. The Balaban J connectivity index is 2.49. The van der Waals surface area contributed by atoms with Crippen LogP contribution in [0.1, 0.15) is 15.9 Å². The van der Waals surface area contributed by atoms with Crippen molar-refractivity contribution in [2.45, 2.75) is 11.8 Å². The van der Waals surface area contributed by atoms with Gasteiger partial charge >= 0.3 is 11.9 Å². The molecule has 0 heterocycles. The lowest BCUT2D eigenvalue weighted by Gasteiger charge is -2.06. The Bertz CT molecular complexity index is 422. The van der Waals surface area contributed by atoms with Crippen LogP contribution in [0.4, 0.5) is 0 Å². The molecular formula is C11H13NO4S. The van der Waals surface area contributed by atoms with Crippen molar-refractivity contribution in [3.63, 3.8) is 0 Å². The van der Waals surface area contributed by atoms with Crippen LogP contribution < -0.4 is 5.73 Å². The van der Waals surface area contributed by atoms with Crippen LogP contribution in [0.3, 0.4) is 0 Å². The summed E-state index contributed by atoms with van der Waals surface area (Å²) in [5, 5.41) is 17.4. The molecule has 6 heteroatoms. The highest BCUT2D eigenvalue weighted by Gasteiger charge is 2.11. The van der Waals surface area contributed by atoms with E-state index in [0.29, 0.717) is 11.5 Å². The minimum absolute atomic E-state index is 0.227. The summed E-state index contributed by atoms with van der Waals surface area (Å²) in [5.74, 6) is -1.16. The molecule has 0 unspecified atom stereocenters. The number of carbonyl (C=O) groups is 2. The summed E-state index contributed by atoms with van der Waals surface area (Å²) in [5.41, 5.74) is 6.41. The molecule has 92 valence electrons. The van der Waals surface area contributed by atoms with Crippen LogP contribution in [0.15, 0.2) is 24.3 Å². The lowest BCUT2D eigenvalue weighted by molar-refractivity contribution is -0.137. The van der Waals surface area contributed by atoms with Gasteiger partial charge in [-0.2, -0.15) is 11.8 Å². The van der Waals surface area contributed by atoms with Crippen molar-refractivity contribution >= 4 is 23.7 Å². The van der Waals surface area contributed by atoms with Crippen LogP contribution >= 0.6 is 11.8 Å². The van der Waals surface area contributed by atoms with E-state index in [2.05, 4.69) is 0 Å². The molecule has 0 aliphatic rings. The van der Waals surface area contributed by atoms with Crippen LogP contribution in [0.5, 0.6) is 0 Å². The molecule has 1 aromatic carbocycles. The van der Waals surface area contributed by atoms with E-state index in [1.165, 1.54) is 17.8 Å². The van der Waals surface area contributed by atoms with Crippen LogP contribution in [0.25, 0.3) is 0 Å². The second kappa shape index (κ2) is 6.27. The van der Waals surface area contributed by atoms with Gasteiger partial charge in [-0.25, -0.2) is 4.79 Å². The van der Waals surface area contributed by atoms with E-state index in [1.807, 2.05) is 0 Å². The average Bonchev–Trinajstić information content (AvgIpc) is 2.29. The lowest BCUT2D eigenvalue weighted by atomic mass is 10.1. The van der Waals surface area contributed by atoms with Gasteiger partial charge in [-0.05, 0) is 17.7 Å². The summed E-state index contributed by atoms with van der Waals surface area (Å²) in [6.45, 7) is 0. The van der Waals surface area contributed by atoms with Crippen molar-refractivity contribution in [1.82, 2.24) is 0 Å². The molecule has 17 heavy (non-hydrogen) atoms. The van der Waals surface area contributed by atoms with Gasteiger partial charge in [0.15, 0.2) is 0 Å². The maximum absolute atomic E-state index is 10.7. The number of benzene rings is 1. The number of hydrogen-bond acceptors (Lipinski definition) is 4. The van der Waals surface area contributed by atoms with E-state index >= 15 is 0 Å². The molecule has 5 nitrogen and oxygen atoms in total. The van der Waals surface area contributed by atoms with Gasteiger partial charge in [0, 0.05) is 11.5 Å². The Morgan fingerprint density at radius 3 is 2.65 bits per heavy atom. The predicted octanol–water partition coefficient (Wildman–Crippen LogP) is 1.03. The van der Waals surface area contributed by atoms with Crippen molar-refractivity contribution in [2.24, 2.45) is 5.73 Å². The Morgan fingerprint density at radius 1 is 1.35 bits per heavy atom. The Labute approximate surface area is 103 Å². The largest absolute Gasteiger partial charge is 0.480 e. The molecule has 0 radical (unpaired) electrons. The van der Waals surface area contributed by atoms with Crippen LogP contribution in [-0.2, 0) is 10.5 Å². The molecule has 0 bridgehead atoms. The minimum Gasteiger partial charge on any atom is -0.480 e. The summed E-state index contributed by atoms with van der Waals surface area (Å²) < 4.78 is 0. The molecule has 0 saturated carbocycles. The molecule has 0 fully saturated rings. The number of rotatable bonds is 6. The SMILES string of the molecule is N[C@@H](CSCc1cccc(C(=O)O)c1)C(=O)O. The third-order valence-electron chi connectivity index (χ3n) is 2.06. The molecule has 1 aromatic rings. The third kappa shape index (κ3) is 4.46. The number of thioether (sulfide) groups is 1. The number of carboxylic acid groups (broad SMARTS) is 2. The molecular weight excluding hydrogens is 242 g/mol. The van der Waals surface area contributed by atoms with Gasteiger partial charge in [0.1, 0.15) is 6.04 Å². The number of nitrogens with two attached hydrogens (primary N) is 1. The van der Waals surface area contributed by atoms with E-state index in [4.69, 9.17) is 15.9 Å². The number of carboxylic acids is 2. The van der Waals surface area contributed by atoms with Gasteiger partial charge in [0.05, 0.1) is 5.56 Å². The van der Waals surface area contributed by atoms with E-state index in [-0.39, 0.29) is 5.56 Å². The fourth-order valence-electron chi connectivity index (χ4n) is 1.17. The zero-order chi connectivity index (χ0) is 12.8.